The molecule has 1 aromatic heterocycles. The number of hydrogen-bond acceptors (Lipinski definition) is 7. The number of hydrogen-bond donors (Lipinski definition) is 1. The van der Waals surface area contributed by atoms with Gasteiger partial charge in [-0.1, -0.05) is 35.1 Å². The Balaban J connectivity index is 1.17. The predicted octanol–water partition coefficient (Wildman–Crippen LogP) is 3.02. The molecule has 0 unspecified atom stereocenters. The van der Waals surface area contributed by atoms with Gasteiger partial charge in [0, 0.05) is 45.7 Å². The number of anilines is 1. The normalized spacial score (nSPS) is 15.2. The molecular weight excluding hydrogens is 456 g/mol. The van der Waals surface area contributed by atoms with Gasteiger partial charge in [-0.25, -0.2) is 13.4 Å². The zero-order valence-electron chi connectivity index (χ0n) is 19.1. The van der Waals surface area contributed by atoms with Crippen LogP contribution in [-0.4, -0.2) is 69.2 Å². The van der Waals surface area contributed by atoms with Crippen LogP contribution in [0.2, 0.25) is 0 Å². The lowest BCUT2D eigenvalue weighted by molar-refractivity contribution is -0.120. The van der Waals surface area contributed by atoms with Crippen molar-refractivity contribution in [1.29, 1.82) is 0 Å². The molecule has 0 aliphatic carbocycles. The van der Waals surface area contributed by atoms with E-state index in [1.807, 2.05) is 6.92 Å². The van der Waals surface area contributed by atoms with Gasteiger partial charge in [-0.15, -0.1) is 0 Å². The van der Waals surface area contributed by atoms with Crippen molar-refractivity contribution in [3.05, 3.63) is 53.6 Å². The minimum Gasteiger partial charge on any atom is -0.355 e. The van der Waals surface area contributed by atoms with Crippen LogP contribution in [0.1, 0.15) is 17.5 Å². The minimum atomic E-state index is -3.44. The summed E-state index contributed by atoms with van der Waals surface area (Å²) < 4.78 is 26.0. The molecule has 0 atom stereocenters. The zero-order chi connectivity index (χ0) is 23.4. The van der Waals surface area contributed by atoms with E-state index in [9.17, 15) is 13.2 Å². The average Bonchev–Trinajstić information content (AvgIpc) is 3.22. The molecule has 9 heteroatoms. The molecule has 1 N–H and O–H groups in total. The lowest BCUT2D eigenvalue weighted by Gasteiger charge is -2.34. The summed E-state index contributed by atoms with van der Waals surface area (Å²) in [5.41, 5.74) is 3.30. The lowest BCUT2D eigenvalue weighted by atomic mass is 10.2. The third-order valence-electron chi connectivity index (χ3n) is 5.90. The van der Waals surface area contributed by atoms with Gasteiger partial charge in [0.15, 0.2) is 15.0 Å². The van der Waals surface area contributed by atoms with E-state index < -0.39 is 9.84 Å². The van der Waals surface area contributed by atoms with Crippen LogP contribution in [0.15, 0.2) is 47.4 Å². The van der Waals surface area contributed by atoms with Crippen molar-refractivity contribution >= 4 is 42.4 Å². The first kappa shape index (κ1) is 23.7. The van der Waals surface area contributed by atoms with Gasteiger partial charge in [-0.2, -0.15) is 0 Å². The van der Waals surface area contributed by atoms with Crippen molar-refractivity contribution in [1.82, 2.24) is 15.2 Å². The number of piperazine rings is 1. The lowest BCUT2D eigenvalue weighted by Crippen LogP contribution is -2.48. The zero-order valence-corrected chi connectivity index (χ0v) is 20.7. The molecule has 33 heavy (non-hydrogen) atoms. The molecule has 3 aromatic rings. The maximum absolute atomic E-state index is 12.4. The van der Waals surface area contributed by atoms with Gasteiger partial charge >= 0.3 is 0 Å². The van der Waals surface area contributed by atoms with E-state index in [1.54, 1.807) is 35.6 Å². The highest BCUT2D eigenvalue weighted by Gasteiger charge is 2.20. The van der Waals surface area contributed by atoms with Crippen LogP contribution in [0.4, 0.5) is 5.13 Å². The van der Waals surface area contributed by atoms with Crippen molar-refractivity contribution in [2.45, 2.75) is 25.2 Å². The van der Waals surface area contributed by atoms with Crippen LogP contribution < -0.4 is 10.2 Å². The molecule has 1 aliphatic rings. The second kappa shape index (κ2) is 10.2. The van der Waals surface area contributed by atoms with Crippen LogP contribution >= 0.6 is 11.3 Å². The SMILES string of the molecule is Cc1ccc(S(=O)(=O)CCC(=O)NCCN2CCN(c3nc4ccc(C)cc4s3)CC2)cc1. The Morgan fingerprint density at radius 2 is 1.73 bits per heavy atom. The van der Waals surface area contributed by atoms with Crippen LogP contribution in [0, 0.1) is 13.8 Å². The number of benzene rings is 2. The van der Waals surface area contributed by atoms with E-state index in [0.29, 0.717) is 6.54 Å². The van der Waals surface area contributed by atoms with Crippen molar-refractivity contribution in [3.8, 4) is 0 Å². The number of fused-ring (bicyclic) bond motifs is 1. The number of rotatable bonds is 8. The summed E-state index contributed by atoms with van der Waals surface area (Å²) in [7, 11) is -3.44. The number of aryl methyl sites for hydroxylation is 2. The van der Waals surface area contributed by atoms with Crippen LogP contribution in [0.25, 0.3) is 10.2 Å². The number of nitrogens with zero attached hydrogens (tertiary/aromatic N) is 3. The van der Waals surface area contributed by atoms with Crippen LogP contribution in [0.5, 0.6) is 0 Å². The van der Waals surface area contributed by atoms with Gasteiger partial charge in [0.05, 0.1) is 20.9 Å². The standard InChI is InChI=1S/C24H30N4O3S2/c1-18-3-6-20(7-4-18)33(30,31)16-9-23(29)25-10-11-27-12-14-28(15-13-27)24-26-21-8-5-19(2)17-22(21)32-24/h3-8,17H,9-16H2,1-2H3,(H,25,29). The van der Waals surface area contributed by atoms with E-state index in [0.717, 1.165) is 48.9 Å². The molecule has 1 fully saturated rings. The maximum atomic E-state index is 12.4. The van der Waals surface area contributed by atoms with E-state index in [2.05, 4.69) is 40.2 Å². The van der Waals surface area contributed by atoms with Crippen molar-refractivity contribution < 1.29 is 13.2 Å². The number of aromatic nitrogens is 1. The Morgan fingerprint density at radius 3 is 2.45 bits per heavy atom. The summed E-state index contributed by atoms with van der Waals surface area (Å²) in [6.07, 6.45) is -0.0267. The number of sulfone groups is 1. The molecule has 1 aliphatic heterocycles. The number of carbonyl (C=O) groups is 1. The summed E-state index contributed by atoms with van der Waals surface area (Å²) in [4.78, 5) is 21.8. The van der Waals surface area contributed by atoms with Crippen LogP contribution in [-0.2, 0) is 14.6 Å². The summed E-state index contributed by atoms with van der Waals surface area (Å²) >= 11 is 1.74. The van der Waals surface area contributed by atoms with Gasteiger partial charge in [0.1, 0.15) is 0 Å². The Morgan fingerprint density at radius 1 is 1.03 bits per heavy atom. The summed E-state index contributed by atoms with van der Waals surface area (Å²) in [5.74, 6) is -0.406. The fraction of sp³-hybridized carbons (Fsp3) is 0.417. The number of amides is 1. The Bertz CT molecular complexity index is 1210. The van der Waals surface area contributed by atoms with Gasteiger partial charge < -0.3 is 10.2 Å². The second-order valence-corrected chi connectivity index (χ2v) is 11.6. The topological polar surface area (TPSA) is 82.6 Å². The van der Waals surface area contributed by atoms with E-state index in [4.69, 9.17) is 4.98 Å². The smallest absolute Gasteiger partial charge is 0.221 e. The monoisotopic (exact) mass is 486 g/mol. The maximum Gasteiger partial charge on any atom is 0.221 e. The molecule has 1 saturated heterocycles. The van der Waals surface area contributed by atoms with E-state index in [-0.39, 0.29) is 23.0 Å². The Hall–Kier alpha value is -2.49. The third kappa shape index (κ3) is 6.10. The Kier molecular flexibility index (Phi) is 7.31. The van der Waals surface area contributed by atoms with Crippen LogP contribution in [0.3, 0.4) is 0 Å². The highest BCUT2D eigenvalue weighted by Crippen LogP contribution is 2.30. The summed E-state index contributed by atoms with van der Waals surface area (Å²) in [5, 5.41) is 3.93. The fourth-order valence-electron chi connectivity index (χ4n) is 3.85. The quantitative estimate of drug-likeness (QED) is 0.527. The molecule has 0 spiro atoms. The molecule has 176 valence electrons. The molecule has 0 saturated carbocycles. The molecule has 2 aromatic carbocycles. The molecular formula is C24H30N4O3S2. The largest absolute Gasteiger partial charge is 0.355 e. The van der Waals surface area contributed by atoms with Gasteiger partial charge in [-0.05, 0) is 43.7 Å². The van der Waals surface area contributed by atoms with Crippen molar-refractivity contribution in [3.63, 3.8) is 0 Å². The highest BCUT2D eigenvalue weighted by molar-refractivity contribution is 7.91. The van der Waals surface area contributed by atoms with Gasteiger partial charge in [0.2, 0.25) is 5.91 Å². The van der Waals surface area contributed by atoms with Gasteiger partial charge in [0.25, 0.3) is 0 Å². The third-order valence-corrected chi connectivity index (χ3v) is 8.71. The van der Waals surface area contributed by atoms with Crippen molar-refractivity contribution in [2.24, 2.45) is 0 Å². The number of carbonyl (C=O) groups excluding carboxylic acids is 1. The van der Waals surface area contributed by atoms with Crippen molar-refractivity contribution in [2.75, 3.05) is 49.9 Å². The predicted molar refractivity (Wildman–Crippen MR) is 134 cm³/mol. The Labute approximate surface area is 199 Å². The second-order valence-electron chi connectivity index (χ2n) is 8.53. The minimum absolute atomic E-state index is 0.0267. The first-order chi connectivity index (χ1) is 15.8. The van der Waals surface area contributed by atoms with Gasteiger partial charge in [-0.3, -0.25) is 9.69 Å². The molecule has 2 heterocycles. The molecule has 7 nitrogen and oxygen atoms in total. The number of thiazole rings is 1. The fourth-order valence-corrected chi connectivity index (χ4v) is 6.21. The van der Waals surface area contributed by atoms with E-state index >= 15 is 0 Å². The average molecular weight is 487 g/mol. The number of nitrogens with one attached hydrogen (secondary N) is 1. The first-order valence-corrected chi connectivity index (χ1v) is 13.7. The summed E-state index contributed by atoms with van der Waals surface area (Å²) in [6, 6.07) is 13.1. The molecule has 4 rings (SSSR count). The first-order valence-electron chi connectivity index (χ1n) is 11.2. The molecule has 0 bridgehead atoms. The molecule has 1 amide bonds. The van der Waals surface area contributed by atoms with E-state index in [1.165, 1.54) is 10.3 Å². The summed E-state index contributed by atoms with van der Waals surface area (Å²) in [6.45, 7) is 8.90. The molecule has 0 radical (unpaired) electrons. The highest BCUT2D eigenvalue weighted by atomic mass is 32.2.